The third-order valence-corrected chi connectivity index (χ3v) is 3.35. The molecule has 2 rings (SSSR count). The fourth-order valence-electron chi connectivity index (χ4n) is 2.40. The minimum Gasteiger partial charge on any atom is -0.385 e. The smallest absolute Gasteiger partial charge is 0.221 e. The van der Waals surface area contributed by atoms with Gasteiger partial charge in [0.15, 0.2) is 0 Å². The molecule has 1 amide bonds. The average Bonchev–Trinajstić information content (AvgIpc) is 2.82. The highest BCUT2D eigenvalue weighted by atomic mass is 19.1. The van der Waals surface area contributed by atoms with Crippen molar-refractivity contribution in [2.45, 2.75) is 32.6 Å². The predicted octanol–water partition coefficient (Wildman–Crippen LogP) is 3.39. The SMILES string of the molecule is CC(=O)Nc1cc(NCC2CCCC2)ccc1F. The van der Waals surface area contributed by atoms with Crippen LogP contribution in [0.2, 0.25) is 0 Å². The Kier molecular flexibility index (Phi) is 4.18. The van der Waals surface area contributed by atoms with Crippen molar-refractivity contribution in [3.63, 3.8) is 0 Å². The zero-order chi connectivity index (χ0) is 13.0. The van der Waals surface area contributed by atoms with Gasteiger partial charge in [-0.05, 0) is 37.0 Å². The van der Waals surface area contributed by atoms with Gasteiger partial charge >= 0.3 is 0 Å². The Hall–Kier alpha value is -1.58. The van der Waals surface area contributed by atoms with E-state index in [9.17, 15) is 9.18 Å². The molecule has 1 aliphatic rings. The van der Waals surface area contributed by atoms with Gasteiger partial charge < -0.3 is 10.6 Å². The van der Waals surface area contributed by atoms with Crippen LogP contribution >= 0.6 is 0 Å². The number of carbonyl (C=O) groups excluding carboxylic acids is 1. The summed E-state index contributed by atoms with van der Waals surface area (Å²) in [5, 5.41) is 5.80. The molecule has 1 saturated carbocycles. The van der Waals surface area contributed by atoms with Crippen molar-refractivity contribution in [3.05, 3.63) is 24.0 Å². The lowest BCUT2D eigenvalue weighted by Crippen LogP contribution is -2.12. The largest absolute Gasteiger partial charge is 0.385 e. The normalized spacial score (nSPS) is 15.7. The van der Waals surface area contributed by atoms with E-state index in [0.29, 0.717) is 0 Å². The third-order valence-electron chi connectivity index (χ3n) is 3.35. The highest BCUT2D eigenvalue weighted by Crippen LogP contribution is 2.26. The maximum atomic E-state index is 13.4. The molecule has 0 aliphatic heterocycles. The number of halogens is 1. The molecule has 0 atom stereocenters. The van der Waals surface area contributed by atoms with E-state index in [2.05, 4.69) is 10.6 Å². The van der Waals surface area contributed by atoms with E-state index >= 15 is 0 Å². The summed E-state index contributed by atoms with van der Waals surface area (Å²) in [6.07, 6.45) is 5.17. The first-order chi connectivity index (χ1) is 8.65. The summed E-state index contributed by atoms with van der Waals surface area (Å²) >= 11 is 0. The summed E-state index contributed by atoms with van der Waals surface area (Å²) in [5.41, 5.74) is 1.09. The monoisotopic (exact) mass is 250 g/mol. The Morgan fingerprint density at radius 1 is 1.39 bits per heavy atom. The molecule has 0 bridgehead atoms. The molecule has 1 fully saturated rings. The number of carbonyl (C=O) groups is 1. The molecule has 2 N–H and O–H groups in total. The molecular formula is C14H19FN2O. The molecule has 4 heteroatoms. The standard InChI is InChI=1S/C14H19FN2O/c1-10(18)17-14-8-12(6-7-13(14)15)16-9-11-4-2-3-5-11/h6-8,11,16H,2-5,9H2,1H3,(H,17,18). The summed E-state index contributed by atoms with van der Waals surface area (Å²) in [6, 6.07) is 4.73. The summed E-state index contributed by atoms with van der Waals surface area (Å²) in [5.74, 6) is 0.0535. The van der Waals surface area contributed by atoms with Gasteiger partial charge in [0.1, 0.15) is 5.82 Å². The number of benzene rings is 1. The fraction of sp³-hybridized carbons (Fsp3) is 0.500. The lowest BCUT2D eigenvalue weighted by Gasteiger charge is -2.13. The van der Waals surface area contributed by atoms with Crippen molar-refractivity contribution in [1.29, 1.82) is 0 Å². The van der Waals surface area contributed by atoms with Crippen molar-refractivity contribution in [2.75, 3.05) is 17.2 Å². The van der Waals surface area contributed by atoms with Gasteiger partial charge in [0.05, 0.1) is 5.69 Å². The molecule has 0 unspecified atom stereocenters. The number of rotatable bonds is 4. The van der Waals surface area contributed by atoms with E-state index in [-0.39, 0.29) is 11.6 Å². The molecular weight excluding hydrogens is 231 g/mol. The Morgan fingerprint density at radius 3 is 2.78 bits per heavy atom. The molecule has 0 heterocycles. The van der Waals surface area contributed by atoms with Gasteiger partial charge in [0.25, 0.3) is 0 Å². The number of nitrogens with one attached hydrogen (secondary N) is 2. The number of amides is 1. The van der Waals surface area contributed by atoms with Crippen LogP contribution in [0.15, 0.2) is 18.2 Å². The van der Waals surface area contributed by atoms with Gasteiger partial charge in [-0.3, -0.25) is 4.79 Å². The Bertz CT molecular complexity index is 428. The molecule has 1 aromatic carbocycles. The average molecular weight is 250 g/mol. The van der Waals surface area contributed by atoms with Crippen LogP contribution in [0.25, 0.3) is 0 Å². The van der Waals surface area contributed by atoms with E-state index < -0.39 is 5.82 Å². The number of hydrogen-bond donors (Lipinski definition) is 2. The van der Waals surface area contributed by atoms with E-state index in [4.69, 9.17) is 0 Å². The second kappa shape index (κ2) is 5.85. The number of hydrogen-bond acceptors (Lipinski definition) is 2. The lowest BCUT2D eigenvalue weighted by atomic mass is 10.1. The minimum atomic E-state index is -0.406. The number of anilines is 2. The van der Waals surface area contributed by atoms with Crippen LogP contribution in [-0.4, -0.2) is 12.5 Å². The van der Waals surface area contributed by atoms with Gasteiger partial charge in [-0.25, -0.2) is 4.39 Å². The molecule has 18 heavy (non-hydrogen) atoms. The van der Waals surface area contributed by atoms with Gasteiger partial charge in [-0.2, -0.15) is 0 Å². The summed E-state index contributed by atoms with van der Waals surface area (Å²) in [6.45, 7) is 2.29. The molecule has 0 radical (unpaired) electrons. The summed E-state index contributed by atoms with van der Waals surface area (Å²) < 4.78 is 13.4. The van der Waals surface area contributed by atoms with Gasteiger partial charge in [-0.1, -0.05) is 12.8 Å². The molecule has 0 aromatic heterocycles. The molecule has 3 nitrogen and oxygen atoms in total. The minimum absolute atomic E-state index is 0.235. The van der Waals surface area contributed by atoms with Crippen LogP contribution in [-0.2, 0) is 4.79 Å². The second-order valence-electron chi connectivity index (χ2n) is 4.91. The Morgan fingerprint density at radius 2 is 2.11 bits per heavy atom. The fourth-order valence-corrected chi connectivity index (χ4v) is 2.40. The summed E-state index contributed by atoms with van der Waals surface area (Å²) in [7, 11) is 0. The van der Waals surface area contributed by atoms with Crippen molar-refractivity contribution >= 4 is 17.3 Å². The zero-order valence-electron chi connectivity index (χ0n) is 10.6. The maximum Gasteiger partial charge on any atom is 0.221 e. The molecule has 0 spiro atoms. The second-order valence-corrected chi connectivity index (χ2v) is 4.91. The first kappa shape index (κ1) is 12.9. The molecule has 0 saturated heterocycles. The highest BCUT2D eigenvalue weighted by molar-refractivity contribution is 5.89. The first-order valence-electron chi connectivity index (χ1n) is 6.46. The maximum absolute atomic E-state index is 13.4. The molecule has 1 aliphatic carbocycles. The predicted molar refractivity (Wildman–Crippen MR) is 71.2 cm³/mol. The van der Waals surface area contributed by atoms with Crippen molar-refractivity contribution in [1.82, 2.24) is 0 Å². The van der Waals surface area contributed by atoms with E-state index in [1.54, 1.807) is 12.1 Å². The Balaban J connectivity index is 1.97. The van der Waals surface area contributed by atoms with Gasteiger partial charge in [0.2, 0.25) is 5.91 Å². The zero-order valence-corrected chi connectivity index (χ0v) is 10.6. The van der Waals surface area contributed by atoms with Crippen LogP contribution in [0.4, 0.5) is 15.8 Å². The van der Waals surface area contributed by atoms with E-state index in [1.807, 2.05) is 0 Å². The third kappa shape index (κ3) is 3.45. The van der Waals surface area contributed by atoms with Crippen LogP contribution in [0, 0.1) is 11.7 Å². The van der Waals surface area contributed by atoms with Crippen molar-refractivity contribution < 1.29 is 9.18 Å². The van der Waals surface area contributed by atoms with Crippen molar-refractivity contribution in [2.24, 2.45) is 5.92 Å². The van der Waals surface area contributed by atoms with Crippen LogP contribution < -0.4 is 10.6 Å². The topological polar surface area (TPSA) is 41.1 Å². The lowest BCUT2D eigenvalue weighted by molar-refractivity contribution is -0.114. The summed E-state index contributed by atoms with van der Waals surface area (Å²) in [4.78, 5) is 10.9. The van der Waals surface area contributed by atoms with Crippen molar-refractivity contribution in [3.8, 4) is 0 Å². The molecule has 98 valence electrons. The van der Waals surface area contributed by atoms with Gasteiger partial charge in [-0.15, -0.1) is 0 Å². The van der Waals surface area contributed by atoms with E-state index in [1.165, 1.54) is 38.7 Å². The van der Waals surface area contributed by atoms with E-state index in [0.717, 1.165) is 18.2 Å². The van der Waals surface area contributed by atoms with Crippen LogP contribution in [0.3, 0.4) is 0 Å². The molecule has 1 aromatic rings. The Labute approximate surface area is 107 Å². The van der Waals surface area contributed by atoms with Crippen LogP contribution in [0.5, 0.6) is 0 Å². The first-order valence-corrected chi connectivity index (χ1v) is 6.46. The quantitative estimate of drug-likeness (QED) is 0.860. The van der Waals surface area contributed by atoms with Crippen LogP contribution in [0.1, 0.15) is 32.6 Å². The van der Waals surface area contributed by atoms with Gasteiger partial charge in [0, 0.05) is 19.2 Å². The highest BCUT2D eigenvalue weighted by Gasteiger charge is 2.14.